The van der Waals surface area contributed by atoms with Crippen LogP contribution >= 0.6 is 0 Å². The molecular weight excluding hydrogens is 234 g/mol. The molecule has 2 heteroatoms. The first-order valence-electron chi connectivity index (χ1n) is 7.66. The molecule has 1 fully saturated rings. The lowest BCUT2D eigenvalue weighted by Gasteiger charge is -2.07. The minimum absolute atomic E-state index is 0.863. The highest BCUT2D eigenvalue weighted by Crippen LogP contribution is 2.20. The fraction of sp³-hybridized carbons (Fsp3) is 0.647. The molecule has 0 bridgehead atoms. The monoisotopic (exact) mass is 261 g/mol. The van der Waals surface area contributed by atoms with Crippen LogP contribution in [-0.2, 0) is 6.42 Å². The Hall–Kier alpha value is -1.02. The Balaban J connectivity index is 1.55. The summed E-state index contributed by atoms with van der Waals surface area (Å²) in [6, 6.07) is 7.40. The van der Waals surface area contributed by atoms with Crippen LogP contribution in [0.5, 0.6) is 5.75 Å². The molecule has 0 spiro atoms. The van der Waals surface area contributed by atoms with E-state index in [4.69, 9.17) is 4.74 Å². The lowest BCUT2D eigenvalue weighted by molar-refractivity contribution is 0.411. The first-order valence-corrected chi connectivity index (χ1v) is 7.66. The van der Waals surface area contributed by atoms with Crippen LogP contribution in [0.3, 0.4) is 0 Å². The van der Waals surface area contributed by atoms with E-state index in [0.717, 1.165) is 11.8 Å². The van der Waals surface area contributed by atoms with Gasteiger partial charge in [-0.15, -0.1) is 0 Å². The minimum Gasteiger partial charge on any atom is -0.496 e. The lowest BCUT2D eigenvalue weighted by atomic mass is 10.0. The molecule has 2 rings (SSSR count). The van der Waals surface area contributed by atoms with Crippen LogP contribution in [0, 0.1) is 6.92 Å². The molecule has 1 N–H and O–H groups in total. The maximum atomic E-state index is 5.29. The van der Waals surface area contributed by atoms with E-state index >= 15 is 0 Å². The van der Waals surface area contributed by atoms with Gasteiger partial charge >= 0.3 is 0 Å². The van der Waals surface area contributed by atoms with Gasteiger partial charge in [0.25, 0.3) is 0 Å². The molecule has 0 radical (unpaired) electrons. The van der Waals surface area contributed by atoms with Crippen molar-refractivity contribution < 1.29 is 4.74 Å². The van der Waals surface area contributed by atoms with Crippen molar-refractivity contribution in [2.45, 2.75) is 57.9 Å². The average Bonchev–Trinajstić information content (AvgIpc) is 3.22. The quantitative estimate of drug-likeness (QED) is 0.682. The van der Waals surface area contributed by atoms with Gasteiger partial charge in [0.1, 0.15) is 5.75 Å². The van der Waals surface area contributed by atoms with Gasteiger partial charge in [0.05, 0.1) is 7.11 Å². The molecule has 19 heavy (non-hydrogen) atoms. The summed E-state index contributed by atoms with van der Waals surface area (Å²) in [6.45, 7) is 3.33. The van der Waals surface area contributed by atoms with Gasteiger partial charge in [0.15, 0.2) is 0 Å². The van der Waals surface area contributed by atoms with Crippen molar-refractivity contribution in [2.24, 2.45) is 0 Å². The maximum absolute atomic E-state index is 5.29. The average molecular weight is 261 g/mol. The van der Waals surface area contributed by atoms with E-state index < -0.39 is 0 Å². The molecule has 0 heterocycles. The van der Waals surface area contributed by atoms with Crippen molar-refractivity contribution in [1.82, 2.24) is 5.32 Å². The third-order valence-corrected chi connectivity index (χ3v) is 3.86. The Labute approximate surface area is 117 Å². The zero-order valence-electron chi connectivity index (χ0n) is 12.4. The van der Waals surface area contributed by atoms with Crippen molar-refractivity contribution in [3.8, 4) is 5.75 Å². The van der Waals surface area contributed by atoms with E-state index in [9.17, 15) is 0 Å². The summed E-state index contributed by atoms with van der Waals surface area (Å²) in [5, 5.41) is 3.57. The standard InChI is InChI=1S/C17H27NO/c1-14-13-15(8-11-17(14)19-2)7-5-3-4-6-12-18-16-9-10-16/h8,11,13,16,18H,3-7,9-10,12H2,1-2H3. The van der Waals surface area contributed by atoms with Crippen LogP contribution < -0.4 is 10.1 Å². The van der Waals surface area contributed by atoms with Gasteiger partial charge in [-0.25, -0.2) is 0 Å². The first kappa shape index (κ1) is 14.4. The predicted octanol–water partition coefficient (Wildman–Crippen LogP) is 3.86. The third-order valence-electron chi connectivity index (χ3n) is 3.86. The lowest BCUT2D eigenvalue weighted by Crippen LogP contribution is -2.17. The molecule has 0 unspecified atom stereocenters. The van der Waals surface area contributed by atoms with E-state index in [1.165, 1.54) is 62.6 Å². The number of hydrogen-bond acceptors (Lipinski definition) is 2. The Kier molecular flexibility index (Phi) is 5.71. The van der Waals surface area contributed by atoms with Crippen molar-refractivity contribution in [1.29, 1.82) is 0 Å². The largest absolute Gasteiger partial charge is 0.496 e. The summed E-state index contributed by atoms with van der Waals surface area (Å²) in [5.41, 5.74) is 2.68. The van der Waals surface area contributed by atoms with Gasteiger partial charge < -0.3 is 10.1 Å². The van der Waals surface area contributed by atoms with Crippen LogP contribution in [0.15, 0.2) is 18.2 Å². The number of rotatable bonds is 9. The molecule has 0 saturated heterocycles. The second-order valence-corrected chi connectivity index (χ2v) is 5.70. The van der Waals surface area contributed by atoms with Crippen molar-refractivity contribution in [3.05, 3.63) is 29.3 Å². The number of hydrogen-bond donors (Lipinski definition) is 1. The zero-order chi connectivity index (χ0) is 13.5. The Morgan fingerprint density at radius 1 is 1.16 bits per heavy atom. The molecule has 0 amide bonds. The van der Waals surface area contributed by atoms with E-state index in [1.54, 1.807) is 7.11 Å². The van der Waals surface area contributed by atoms with Gasteiger partial charge in [-0.1, -0.05) is 25.0 Å². The smallest absolute Gasteiger partial charge is 0.121 e. The minimum atomic E-state index is 0.863. The normalized spacial score (nSPS) is 14.6. The molecule has 106 valence electrons. The van der Waals surface area contributed by atoms with Gasteiger partial charge in [-0.05, 0) is 62.8 Å². The molecule has 2 nitrogen and oxygen atoms in total. The molecule has 0 aliphatic heterocycles. The van der Waals surface area contributed by atoms with Crippen molar-refractivity contribution in [2.75, 3.05) is 13.7 Å². The molecule has 0 aromatic heterocycles. The van der Waals surface area contributed by atoms with E-state index in [1.807, 2.05) is 0 Å². The Morgan fingerprint density at radius 3 is 2.63 bits per heavy atom. The molecular formula is C17H27NO. The van der Waals surface area contributed by atoms with Crippen LogP contribution in [0.4, 0.5) is 0 Å². The van der Waals surface area contributed by atoms with Gasteiger partial charge in [0.2, 0.25) is 0 Å². The summed E-state index contributed by atoms with van der Waals surface area (Å²) >= 11 is 0. The summed E-state index contributed by atoms with van der Waals surface area (Å²) in [5.74, 6) is 0.995. The second kappa shape index (κ2) is 7.54. The number of methoxy groups -OCH3 is 1. The molecule has 1 saturated carbocycles. The summed E-state index contributed by atoms with van der Waals surface area (Å²) in [7, 11) is 1.73. The molecule has 1 aromatic rings. The topological polar surface area (TPSA) is 21.3 Å². The van der Waals surface area contributed by atoms with Gasteiger partial charge in [-0.2, -0.15) is 0 Å². The van der Waals surface area contributed by atoms with E-state index in [-0.39, 0.29) is 0 Å². The van der Waals surface area contributed by atoms with E-state index in [0.29, 0.717) is 0 Å². The highest BCUT2D eigenvalue weighted by atomic mass is 16.5. The first-order chi connectivity index (χ1) is 9.29. The van der Waals surface area contributed by atoms with Crippen molar-refractivity contribution in [3.63, 3.8) is 0 Å². The highest BCUT2D eigenvalue weighted by molar-refractivity contribution is 5.36. The predicted molar refractivity (Wildman–Crippen MR) is 80.9 cm³/mol. The number of nitrogens with one attached hydrogen (secondary N) is 1. The molecule has 1 aliphatic rings. The maximum Gasteiger partial charge on any atom is 0.121 e. The van der Waals surface area contributed by atoms with Gasteiger partial charge in [-0.3, -0.25) is 0 Å². The number of ether oxygens (including phenoxy) is 1. The van der Waals surface area contributed by atoms with Crippen LogP contribution in [0.25, 0.3) is 0 Å². The molecule has 1 aromatic carbocycles. The fourth-order valence-electron chi connectivity index (χ4n) is 2.50. The van der Waals surface area contributed by atoms with E-state index in [2.05, 4.69) is 30.4 Å². The highest BCUT2D eigenvalue weighted by Gasteiger charge is 2.19. The Morgan fingerprint density at radius 2 is 1.95 bits per heavy atom. The second-order valence-electron chi connectivity index (χ2n) is 5.70. The third kappa shape index (κ3) is 5.23. The Bertz CT molecular complexity index is 385. The van der Waals surface area contributed by atoms with Gasteiger partial charge in [0, 0.05) is 6.04 Å². The summed E-state index contributed by atoms with van der Waals surface area (Å²) < 4.78 is 5.29. The van der Waals surface area contributed by atoms with Crippen LogP contribution in [0.1, 0.15) is 49.7 Å². The zero-order valence-corrected chi connectivity index (χ0v) is 12.4. The number of unbranched alkanes of at least 4 members (excludes halogenated alkanes) is 3. The molecule has 0 atom stereocenters. The summed E-state index contributed by atoms with van der Waals surface area (Å²) in [6.07, 6.45) is 9.33. The van der Waals surface area contributed by atoms with Crippen molar-refractivity contribution >= 4 is 0 Å². The summed E-state index contributed by atoms with van der Waals surface area (Å²) in [4.78, 5) is 0. The SMILES string of the molecule is COc1ccc(CCCCCCNC2CC2)cc1C. The fourth-order valence-corrected chi connectivity index (χ4v) is 2.50. The number of aryl methyl sites for hydroxylation is 2. The molecule has 1 aliphatic carbocycles. The van der Waals surface area contributed by atoms with Crippen LogP contribution in [-0.4, -0.2) is 19.7 Å². The number of benzene rings is 1. The van der Waals surface area contributed by atoms with Crippen LogP contribution in [0.2, 0.25) is 0 Å².